The molecule has 9 heteroatoms. The lowest BCUT2D eigenvalue weighted by Crippen LogP contribution is -2.29. The number of hydrogen-bond donors (Lipinski definition) is 0. The third-order valence-electron chi connectivity index (χ3n) is 4.45. The van der Waals surface area contributed by atoms with Crippen LogP contribution in [0.2, 0.25) is 0 Å². The number of anilines is 1. The van der Waals surface area contributed by atoms with Crippen LogP contribution in [0.25, 0.3) is 0 Å². The van der Waals surface area contributed by atoms with Gasteiger partial charge in [0.1, 0.15) is 5.75 Å². The van der Waals surface area contributed by atoms with Crippen LogP contribution < -0.4 is 9.64 Å². The number of fused-ring (bicyclic) bond motifs is 1. The summed E-state index contributed by atoms with van der Waals surface area (Å²) in [4.78, 5) is 49.3. The number of hydrogen-bond acceptors (Lipinski definition) is 6. The predicted molar refractivity (Wildman–Crippen MR) is 115 cm³/mol. The molecule has 0 saturated heterocycles. The second-order valence-electron chi connectivity index (χ2n) is 6.33. The number of carbonyl (C=O) groups excluding carboxylic acids is 3. The van der Waals surface area contributed by atoms with E-state index in [0.717, 1.165) is 14.5 Å². The number of carbonyl (C=O) groups is 3. The Labute approximate surface area is 183 Å². The Balaban J connectivity index is 1.61. The van der Waals surface area contributed by atoms with Gasteiger partial charge in [-0.2, -0.15) is 0 Å². The van der Waals surface area contributed by atoms with Gasteiger partial charge in [-0.15, -0.1) is 0 Å². The number of ether oxygens (including phenoxy) is 1. The molecular weight excluding hydrogens is 503 g/mol. The highest BCUT2D eigenvalue weighted by atomic mass is 127. The van der Waals surface area contributed by atoms with Gasteiger partial charge in [-0.3, -0.25) is 19.7 Å². The van der Waals surface area contributed by atoms with Gasteiger partial charge < -0.3 is 4.74 Å². The smallest absolute Gasteiger partial charge is 0.343 e. The van der Waals surface area contributed by atoms with E-state index < -0.39 is 22.7 Å². The molecule has 2 amide bonds. The lowest BCUT2D eigenvalue weighted by molar-refractivity contribution is -0.384. The van der Waals surface area contributed by atoms with Crippen molar-refractivity contribution in [3.63, 3.8) is 0 Å². The maximum Gasteiger partial charge on any atom is 0.343 e. The molecular formula is C21H11IN2O6. The molecule has 0 radical (unpaired) electrons. The molecule has 1 heterocycles. The summed E-state index contributed by atoms with van der Waals surface area (Å²) in [5.74, 6) is -1.82. The van der Waals surface area contributed by atoms with Gasteiger partial charge in [0.25, 0.3) is 17.5 Å². The van der Waals surface area contributed by atoms with E-state index in [9.17, 15) is 24.5 Å². The Morgan fingerprint density at radius 2 is 1.63 bits per heavy atom. The van der Waals surface area contributed by atoms with Gasteiger partial charge in [-0.25, -0.2) is 9.69 Å². The zero-order valence-corrected chi connectivity index (χ0v) is 17.2. The molecule has 0 bridgehead atoms. The van der Waals surface area contributed by atoms with Gasteiger partial charge >= 0.3 is 5.97 Å². The van der Waals surface area contributed by atoms with Crippen LogP contribution in [0.3, 0.4) is 0 Å². The number of imide groups is 1. The second-order valence-corrected chi connectivity index (χ2v) is 7.57. The Kier molecular flexibility index (Phi) is 5.04. The fourth-order valence-corrected chi connectivity index (χ4v) is 3.38. The lowest BCUT2D eigenvalue weighted by atomic mass is 10.1. The standard InChI is InChI=1S/C21H11IN2O6/c22-13-5-7-14(8-6-13)23-19(25)17-9-4-12(10-18(17)20(23)26)21(27)30-16-3-1-2-15(11-16)24(28)29/h1-11H. The number of non-ortho nitro benzene ring substituents is 1. The van der Waals surface area contributed by atoms with E-state index in [0.29, 0.717) is 5.69 Å². The number of nitro groups is 1. The van der Waals surface area contributed by atoms with E-state index >= 15 is 0 Å². The molecule has 8 nitrogen and oxygen atoms in total. The van der Waals surface area contributed by atoms with Gasteiger partial charge in [0.15, 0.2) is 0 Å². The topological polar surface area (TPSA) is 107 Å². The fraction of sp³-hybridized carbons (Fsp3) is 0. The van der Waals surface area contributed by atoms with Gasteiger partial charge in [-0.1, -0.05) is 6.07 Å². The van der Waals surface area contributed by atoms with Crippen LogP contribution in [0.5, 0.6) is 5.75 Å². The van der Waals surface area contributed by atoms with Crippen molar-refractivity contribution in [1.29, 1.82) is 0 Å². The van der Waals surface area contributed by atoms with Gasteiger partial charge in [0, 0.05) is 9.64 Å². The van der Waals surface area contributed by atoms with Crippen LogP contribution in [0.15, 0.2) is 66.7 Å². The summed E-state index contributed by atoms with van der Waals surface area (Å²) in [7, 11) is 0. The van der Waals surface area contributed by atoms with Crippen molar-refractivity contribution < 1.29 is 24.0 Å². The molecule has 1 aliphatic rings. The minimum absolute atomic E-state index is 0.00221. The molecule has 0 aromatic heterocycles. The number of nitrogens with zero attached hydrogens (tertiary/aromatic N) is 2. The minimum Gasteiger partial charge on any atom is -0.423 e. The predicted octanol–water partition coefficient (Wildman–Crippen LogP) is 4.22. The summed E-state index contributed by atoms with van der Waals surface area (Å²) in [6.45, 7) is 0. The molecule has 30 heavy (non-hydrogen) atoms. The van der Waals surface area contributed by atoms with E-state index in [4.69, 9.17) is 4.74 Å². The van der Waals surface area contributed by atoms with E-state index in [-0.39, 0.29) is 28.1 Å². The Morgan fingerprint density at radius 1 is 0.933 bits per heavy atom. The van der Waals surface area contributed by atoms with Crippen LogP contribution in [0.4, 0.5) is 11.4 Å². The van der Waals surface area contributed by atoms with Gasteiger partial charge in [-0.05, 0) is 71.1 Å². The van der Waals surface area contributed by atoms with Gasteiger partial charge in [0.05, 0.1) is 33.4 Å². The minimum atomic E-state index is -0.800. The van der Waals surface area contributed by atoms with E-state index in [2.05, 4.69) is 22.6 Å². The normalized spacial score (nSPS) is 12.6. The Morgan fingerprint density at radius 3 is 2.33 bits per heavy atom. The number of rotatable bonds is 4. The molecule has 0 aliphatic carbocycles. The monoisotopic (exact) mass is 514 g/mol. The average molecular weight is 514 g/mol. The van der Waals surface area contributed by atoms with Crippen molar-refractivity contribution >= 4 is 51.7 Å². The summed E-state index contributed by atoms with van der Waals surface area (Å²) in [5, 5.41) is 10.9. The highest BCUT2D eigenvalue weighted by Gasteiger charge is 2.37. The molecule has 0 spiro atoms. The highest BCUT2D eigenvalue weighted by Crippen LogP contribution is 2.30. The van der Waals surface area contributed by atoms with Crippen LogP contribution in [-0.4, -0.2) is 22.7 Å². The summed E-state index contributed by atoms with van der Waals surface area (Å²) in [6.07, 6.45) is 0. The summed E-state index contributed by atoms with van der Waals surface area (Å²) in [5.41, 5.74) is 0.536. The van der Waals surface area contributed by atoms with Crippen LogP contribution >= 0.6 is 22.6 Å². The van der Waals surface area contributed by atoms with Crippen molar-refractivity contribution in [1.82, 2.24) is 0 Å². The second kappa shape index (κ2) is 7.67. The zero-order chi connectivity index (χ0) is 21.4. The largest absolute Gasteiger partial charge is 0.423 e. The Bertz CT molecular complexity index is 1220. The lowest BCUT2D eigenvalue weighted by Gasteiger charge is -2.13. The Hall–Kier alpha value is -3.60. The molecule has 0 unspecified atom stereocenters. The van der Waals surface area contributed by atoms with Crippen LogP contribution in [0, 0.1) is 13.7 Å². The van der Waals surface area contributed by atoms with Crippen LogP contribution in [-0.2, 0) is 0 Å². The highest BCUT2D eigenvalue weighted by molar-refractivity contribution is 14.1. The van der Waals surface area contributed by atoms with Crippen molar-refractivity contribution in [3.8, 4) is 5.75 Å². The average Bonchev–Trinajstić information content (AvgIpc) is 2.99. The molecule has 0 fully saturated rings. The first-order valence-corrected chi connectivity index (χ1v) is 9.68. The zero-order valence-electron chi connectivity index (χ0n) is 15.1. The summed E-state index contributed by atoms with van der Waals surface area (Å²) in [6, 6.07) is 16.2. The number of amides is 2. The maximum atomic E-state index is 12.8. The van der Waals surface area contributed by atoms with E-state index in [1.54, 1.807) is 24.3 Å². The van der Waals surface area contributed by atoms with E-state index in [1.165, 1.54) is 36.4 Å². The van der Waals surface area contributed by atoms with Crippen molar-refractivity contribution in [2.24, 2.45) is 0 Å². The fourth-order valence-electron chi connectivity index (χ4n) is 3.02. The third kappa shape index (κ3) is 3.54. The number of nitro benzene ring substituents is 1. The summed E-state index contributed by atoms with van der Waals surface area (Å²) >= 11 is 2.12. The first kappa shape index (κ1) is 19.7. The van der Waals surface area contributed by atoms with Crippen molar-refractivity contribution in [2.75, 3.05) is 4.90 Å². The molecule has 1 aliphatic heterocycles. The molecule has 0 N–H and O–H groups in total. The molecule has 0 saturated carbocycles. The van der Waals surface area contributed by atoms with Crippen LogP contribution in [0.1, 0.15) is 31.1 Å². The first-order valence-electron chi connectivity index (χ1n) is 8.60. The van der Waals surface area contributed by atoms with Crippen molar-refractivity contribution in [3.05, 3.63) is 97.1 Å². The first-order chi connectivity index (χ1) is 14.3. The van der Waals surface area contributed by atoms with Crippen molar-refractivity contribution in [2.45, 2.75) is 0 Å². The molecule has 4 rings (SSSR count). The molecule has 0 atom stereocenters. The summed E-state index contributed by atoms with van der Waals surface area (Å²) < 4.78 is 6.14. The molecule has 148 valence electrons. The SMILES string of the molecule is O=C(Oc1cccc([N+](=O)[O-])c1)c1ccc2c(c1)C(=O)N(c1ccc(I)cc1)C2=O. The quantitative estimate of drug-likeness (QED) is 0.129. The third-order valence-corrected chi connectivity index (χ3v) is 5.17. The maximum absolute atomic E-state index is 12.8. The van der Waals surface area contributed by atoms with E-state index in [1.807, 2.05) is 0 Å². The molecule has 3 aromatic carbocycles. The van der Waals surface area contributed by atoms with Gasteiger partial charge in [0.2, 0.25) is 0 Å². The number of esters is 1. The molecule has 3 aromatic rings. The number of benzene rings is 3. The number of halogens is 1.